The van der Waals surface area contributed by atoms with Gasteiger partial charge in [-0.1, -0.05) is 31.4 Å². The predicted molar refractivity (Wildman–Crippen MR) is 105 cm³/mol. The van der Waals surface area contributed by atoms with Crippen molar-refractivity contribution >= 4 is 17.0 Å². The molecular weight excluding hydrogens is 342 g/mol. The van der Waals surface area contributed by atoms with Gasteiger partial charge < -0.3 is 9.32 Å². The van der Waals surface area contributed by atoms with Crippen molar-refractivity contribution in [1.29, 1.82) is 0 Å². The van der Waals surface area contributed by atoms with Crippen molar-refractivity contribution in [3.63, 3.8) is 0 Å². The minimum Gasteiger partial charge on any atom is -0.408 e. The molecular formula is C21H29N3O3. The number of piperazine rings is 1. The van der Waals surface area contributed by atoms with Gasteiger partial charge in [-0.05, 0) is 37.8 Å². The van der Waals surface area contributed by atoms with Crippen LogP contribution in [0.4, 0.5) is 0 Å². The van der Waals surface area contributed by atoms with E-state index in [-0.39, 0.29) is 5.91 Å². The van der Waals surface area contributed by atoms with E-state index >= 15 is 0 Å². The predicted octanol–water partition coefficient (Wildman–Crippen LogP) is 2.88. The van der Waals surface area contributed by atoms with Crippen molar-refractivity contribution in [2.24, 2.45) is 5.92 Å². The molecule has 0 bridgehead atoms. The Balaban J connectivity index is 1.38. The summed E-state index contributed by atoms with van der Waals surface area (Å²) in [5.74, 6) is 0.366. The molecule has 6 nitrogen and oxygen atoms in total. The van der Waals surface area contributed by atoms with Gasteiger partial charge in [0.25, 0.3) is 0 Å². The number of amides is 1. The van der Waals surface area contributed by atoms with Gasteiger partial charge in [0, 0.05) is 32.7 Å². The monoisotopic (exact) mass is 371 g/mol. The van der Waals surface area contributed by atoms with Gasteiger partial charge in [0.1, 0.15) is 6.04 Å². The third-order valence-electron chi connectivity index (χ3n) is 6.19. The Labute approximate surface area is 159 Å². The molecule has 146 valence electrons. The SMILES string of the molecule is CC(C(=O)N1CCN(CC2CCCCC2)CC1)n1c(=O)oc2ccccc21. The topological polar surface area (TPSA) is 58.7 Å². The molecule has 2 aliphatic rings. The Morgan fingerprint density at radius 3 is 2.56 bits per heavy atom. The number of benzene rings is 1. The summed E-state index contributed by atoms with van der Waals surface area (Å²) >= 11 is 0. The molecule has 1 aromatic carbocycles. The number of carbonyl (C=O) groups excluding carboxylic acids is 1. The molecule has 27 heavy (non-hydrogen) atoms. The van der Waals surface area contributed by atoms with Gasteiger partial charge >= 0.3 is 5.76 Å². The van der Waals surface area contributed by atoms with Crippen molar-refractivity contribution in [2.75, 3.05) is 32.7 Å². The fourth-order valence-electron chi connectivity index (χ4n) is 4.61. The molecule has 2 aromatic rings. The number of carbonyl (C=O) groups is 1. The summed E-state index contributed by atoms with van der Waals surface area (Å²) < 4.78 is 6.77. The van der Waals surface area contributed by atoms with Crippen LogP contribution in [0, 0.1) is 5.92 Å². The van der Waals surface area contributed by atoms with Gasteiger partial charge in [0.2, 0.25) is 5.91 Å². The molecule has 2 fully saturated rings. The standard InChI is InChI=1S/C21H29N3O3/c1-16(24-18-9-5-6-10-19(18)27-21(24)26)20(25)23-13-11-22(12-14-23)15-17-7-3-2-4-8-17/h5-6,9-10,16-17H,2-4,7-8,11-15H2,1H3. The highest BCUT2D eigenvalue weighted by Gasteiger charge is 2.29. The lowest BCUT2D eigenvalue weighted by Gasteiger charge is -2.38. The zero-order valence-electron chi connectivity index (χ0n) is 16.1. The van der Waals surface area contributed by atoms with E-state index in [2.05, 4.69) is 4.90 Å². The largest absolute Gasteiger partial charge is 0.420 e. The summed E-state index contributed by atoms with van der Waals surface area (Å²) in [4.78, 5) is 29.7. The highest BCUT2D eigenvalue weighted by Crippen LogP contribution is 2.25. The number of fused-ring (bicyclic) bond motifs is 1. The third-order valence-corrected chi connectivity index (χ3v) is 6.19. The van der Waals surface area contributed by atoms with Crippen LogP contribution < -0.4 is 5.76 Å². The van der Waals surface area contributed by atoms with E-state index in [0.29, 0.717) is 11.1 Å². The van der Waals surface area contributed by atoms with E-state index in [1.807, 2.05) is 23.1 Å². The van der Waals surface area contributed by atoms with Crippen LogP contribution in [0.1, 0.15) is 45.1 Å². The molecule has 2 heterocycles. The first-order chi connectivity index (χ1) is 13.1. The molecule has 1 aromatic heterocycles. The second kappa shape index (κ2) is 7.89. The molecule has 0 N–H and O–H groups in total. The number of oxazole rings is 1. The molecule has 1 saturated carbocycles. The van der Waals surface area contributed by atoms with Crippen LogP contribution in [0.15, 0.2) is 33.5 Å². The molecule has 1 aliphatic heterocycles. The molecule has 1 atom stereocenters. The lowest BCUT2D eigenvalue weighted by atomic mass is 9.89. The zero-order chi connectivity index (χ0) is 18.8. The van der Waals surface area contributed by atoms with Gasteiger partial charge in [-0.15, -0.1) is 0 Å². The minimum absolute atomic E-state index is 0.000898. The van der Waals surface area contributed by atoms with E-state index in [1.165, 1.54) is 43.2 Å². The van der Waals surface area contributed by atoms with Crippen LogP contribution >= 0.6 is 0 Å². The van der Waals surface area contributed by atoms with Crippen molar-refractivity contribution in [3.8, 4) is 0 Å². The summed E-state index contributed by atoms with van der Waals surface area (Å²) in [5, 5.41) is 0. The first kappa shape index (κ1) is 18.3. The third kappa shape index (κ3) is 3.81. The first-order valence-electron chi connectivity index (χ1n) is 10.2. The average Bonchev–Trinajstić information content (AvgIpc) is 3.04. The van der Waals surface area contributed by atoms with Crippen molar-refractivity contribution < 1.29 is 9.21 Å². The van der Waals surface area contributed by atoms with Crippen LogP contribution in [-0.2, 0) is 4.79 Å². The highest BCUT2D eigenvalue weighted by molar-refractivity contribution is 5.83. The van der Waals surface area contributed by atoms with E-state index in [9.17, 15) is 9.59 Å². The first-order valence-corrected chi connectivity index (χ1v) is 10.2. The van der Waals surface area contributed by atoms with Crippen molar-refractivity contribution in [2.45, 2.75) is 45.1 Å². The zero-order valence-corrected chi connectivity index (χ0v) is 16.1. The van der Waals surface area contributed by atoms with Gasteiger partial charge in [-0.25, -0.2) is 4.79 Å². The summed E-state index contributed by atoms with van der Waals surface area (Å²) in [7, 11) is 0. The number of nitrogens with zero attached hydrogens (tertiary/aromatic N) is 3. The number of hydrogen-bond acceptors (Lipinski definition) is 4. The lowest BCUT2D eigenvalue weighted by molar-refractivity contribution is -0.136. The van der Waals surface area contributed by atoms with Crippen LogP contribution in [0.25, 0.3) is 11.1 Å². The number of para-hydroxylation sites is 2. The second-order valence-electron chi connectivity index (χ2n) is 8.01. The van der Waals surface area contributed by atoms with Crippen LogP contribution in [0.5, 0.6) is 0 Å². The van der Waals surface area contributed by atoms with Gasteiger partial charge in [-0.2, -0.15) is 0 Å². The van der Waals surface area contributed by atoms with E-state index in [0.717, 1.165) is 32.1 Å². The smallest absolute Gasteiger partial charge is 0.408 e. The van der Waals surface area contributed by atoms with E-state index in [4.69, 9.17) is 4.42 Å². The Kier molecular flexibility index (Phi) is 5.34. The maximum Gasteiger partial charge on any atom is 0.420 e. The molecule has 1 aliphatic carbocycles. The van der Waals surface area contributed by atoms with Crippen LogP contribution in [0.3, 0.4) is 0 Å². The number of aromatic nitrogens is 1. The Bertz CT molecular complexity index is 842. The molecule has 6 heteroatoms. The summed E-state index contributed by atoms with van der Waals surface area (Å²) in [6, 6.07) is 6.72. The minimum atomic E-state index is -0.550. The Morgan fingerprint density at radius 1 is 1.11 bits per heavy atom. The van der Waals surface area contributed by atoms with Crippen LogP contribution in [0.2, 0.25) is 0 Å². The Morgan fingerprint density at radius 2 is 1.81 bits per heavy atom. The van der Waals surface area contributed by atoms with Gasteiger partial charge in [-0.3, -0.25) is 14.3 Å². The van der Waals surface area contributed by atoms with E-state index in [1.54, 1.807) is 13.0 Å². The molecule has 0 spiro atoms. The maximum atomic E-state index is 13.0. The van der Waals surface area contributed by atoms with E-state index < -0.39 is 11.8 Å². The molecule has 1 unspecified atom stereocenters. The second-order valence-corrected chi connectivity index (χ2v) is 8.01. The summed E-state index contributed by atoms with van der Waals surface area (Å²) in [6.07, 6.45) is 6.83. The molecule has 4 rings (SSSR count). The summed E-state index contributed by atoms with van der Waals surface area (Å²) in [6.45, 7) is 6.29. The van der Waals surface area contributed by atoms with Crippen molar-refractivity contribution in [3.05, 3.63) is 34.8 Å². The average molecular weight is 371 g/mol. The van der Waals surface area contributed by atoms with Crippen molar-refractivity contribution in [1.82, 2.24) is 14.4 Å². The highest BCUT2D eigenvalue weighted by atomic mass is 16.4. The van der Waals surface area contributed by atoms with Gasteiger partial charge in [0.15, 0.2) is 5.58 Å². The number of rotatable bonds is 4. The molecule has 1 amide bonds. The fourth-order valence-corrected chi connectivity index (χ4v) is 4.61. The molecule has 1 saturated heterocycles. The summed E-state index contributed by atoms with van der Waals surface area (Å²) in [5.41, 5.74) is 1.21. The normalized spacial score (nSPS) is 20.9. The quantitative estimate of drug-likeness (QED) is 0.829. The number of hydrogen-bond donors (Lipinski definition) is 0. The Hall–Kier alpha value is -2.08. The van der Waals surface area contributed by atoms with Gasteiger partial charge in [0.05, 0.1) is 5.52 Å². The molecule has 0 radical (unpaired) electrons. The maximum absolute atomic E-state index is 13.0. The van der Waals surface area contributed by atoms with Crippen LogP contribution in [-0.4, -0.2) is 53.0 Å². The fraction of sp³-hybridized carbons (Fsp3) is 0.619. The lowest BCUT2D eigenvalue weighted by Crippen LogP contribution is -2.51.